The normalized spacial score (nSPS) is 12.3. The molecule has 0 unspecified atom stereocenters. The molecule has 0 aliphatic carbocycles. The SMILES string of the molecule is CC(C)c1cccc(C(C)C)c1-c1ccc2c3ccc(Oc4ccc5c6cccnc6n6c7ccccc7nc6c5c4)cc3c3nc4ccccc4n3c2c1. The standard InChI is InChI=1S/C49H37N5O/c1-28(2)33-11-9-12-34(29(3)4)46(33)30-18-21-37-35-22-19-31(26-39(35)48-51-41-14-5-7-16-43(41)53(48)45(37)25-30)55-32-20-23-36-38-13-10-24-50-47(38)54-44-17-8-6-15-42(44)52-49(54)40(36)27-32/h5-29H,1-4H3. The van der Waals surface area contributed by atoms with E-state index in [1.54, 1.807) is 0 Å². The van der Waals surface area contributed by atoms with E-state index in [2.05, 4.69) is 146 Å². The average molecular weight is 712 g/mol. The van der Waals surface area contributed by atoms with Crippen molar-refractivity contribution < 1.29 is 4.74 Å². The van der Waals surface area contributed by atoms with Gasteiger partial charge in [0, 0.05) is 27.7 Å². The third kappa shape index (κ3) is 4.70. The molecule has 0 atom stereocenters. The van der Waals surface area contributed by atoms with Crippen LogP contribution in [0, 0.1) is 0 Å². The number of nitrogens with zero attached hydrogens (tertiary/aromatic N) is 5. The molecule has 0 N–H and O–H groups in total. The van der Waals surface area contributed by atoms with E-state index in [-0.39, 0.29) is 0 Å². The molecule has 11 aromatic rings. The zero-order chi connectivity index (χ0) is 36.9. The van der Waals surface area contributed by atoms with Crippen LogP contribution in [0.4, 0.5) is 0 Å². The number of para-hydroxylation sites is 4. The molecule has 6 aromatic carbocycles. The van der Waals surface area contributed by atoms with Crippen molar-refractivity contribution >= 4 is 76.8 Å². The van der Waals surface area contributed by atoms with E-state index in [0.29, 0.717) is 11.8 Å². The Kier molecular flexibility index (Phi) is 6.84. The molecule has 5 heterocycles. The van der Waals surface area contributed by atoms with Gasteiger partial charge in [0.1, 0.15) is 28.4 Å². The molecule has 264 valence electrons. The third-order valence-corrected chi connectivity index (χ3v) is 11.3. The summed E-state index contributed by atoms with van der Waals surface area (Å²) in [5, 5.41) is 6.53. The van der Waals surface area contributed by atoms with Gasteiger partial charge in [-0.2, -0.15) is 0 Å². The van der Waals surface area contributed by atoms with Gasteiger partial charge in [-0.3, -0.25) is 8.80 Å². The van der Waals surface area contributed by atoms with E-state index < -0.39 is 0 Å². The molecule has 0 bridgehead atoms. The van der Waals surface area contributed by atoms with Crippen LogP contribution in [0.25, 0.3) is 88.0 Å². The van der Waals surface area contributed by atoms with Gasteiger partial charge < -0.3 is 4.74 Å². The zero-order valence-electron chi connectivity index (χ0n) is 31.1. The molecule has 0 amide bonds. The minimum atomic E-state index is 0.401. The summed E-state index contributed by atoms with van der Waals surface area (Å²) in [5.74, 6) is 2.29. The fourth-order valence-electron chi connectivity index (χ4n) is 8.79. The summed E-state index contributed by atoms with van der Waals surface area (Å²) < 4.78 is 11.2. The Hall–Kier alpha value is -6.79. The molecule has 6 heteroatoms. The molecule has 55 heavy (non-hydrogen) atoms. The first-order valence-electron chi connectivity index (χ1n) is 19.1. The van der Waals surface area contributed by atoms with Gasteiger partial charge in [0.2, 0.25) is 0 Å². The highest BCUT2D eigenvalue weighted by atomic mass is 16.5. The first kappa shape index (κ1) is 31.7. The highest BCUT2D eigenvalue weighted by molar-refractivity contribution is 6.15. The average Bonchev–Trinajstić information content (AvgIpc) is 3.81. The van der Waals surface area contributed by atoms with Gasteiger partial charge in [0.15, 0.2) is 0 Å². The molecule has 0 saturated carbocycles. The molecule has 0 radical (unpaired) electrons. The number of imidazole rings is 2. The van der Waals surface area contributed by atoms with Crippen molar-refractivity contribution in [3.63, 3.8) is 0 Å². The van der Waals surface area contributed by atoms with Crippen LogP contribution in [0.15, 0.2) is 140 Å². The van der Waals surface area contributed by atoms with E-state index in [4.69, 9.17) is 19.7 Å². The van der Waals surface area contributed by atoms with Crippen LogP contribution in [-0.2, 0) is 0 Å². The lowest BCUT2D eigenvalue weighted by Crippen LogP contribution is -2.00. The highest BCUT2D eigenvalue weighted by Gasteiger charge is 2.20. The maximum atomic E-state index is 6.72. The maximum absolute atomic E-state index is 6.72. The first-order valence-corrected chi connectivity index (χ1v) is 19.1. The Bertz CT molecular complexity index is 3340. The lowest BCUT2D eigenvalue weighted by atomic mass is 9.84. The van der Waals surface area contributed by atoms with Gasteiger partial charge >= 0.3 is 0 Å². The Balaban J connectivity index is 1.11. The van der Waals surface area contributed by atoms with E-state index >= 15 is 0 Å². The minimum absolute atomic E-state index is 0.401. The van der Waals surface area contributed by atoms with Gasteiger partial charge in [-0.05, 0) is 124 Å². The minimum Gasteiger partial charge on any atom is -0.457 e. The summed E-state index contributed by atoms with van der Waals surface area (Å²) in [5.41, 5.74) is 13.1. The number of fused-ring (bicyclic) bond motifs is 16. The number of aromatic nitrogens is 5. The van der Waals surface area contributed by atoms with Crippen LogP contribution in [0.5, 0.6) is 11.5 Å². The quantitative estimate of drug-likeness (QED) is 0.167. The van der Waals surface area contributed by atoms with Crippen LogP contribution >= 0.6 is 0 Å². The number of hydrogen-bond donors (Lipinski definition) is 0. The van der Waals surface area contributed by atoms with E-state index in [1.807, 2.05) is 30.5 Å². The molecule has 0 aliphatic rings. The lowest BCUT2D eigenvalue weighted by molar-refractivity contribution is 0.484. The van der Waals surface area contributed by atoms with Crippen LogP contribution in [0.3, 0.4) is 0 Å². The maximum Gasteiger partial charge on any atom is 0.147 e. The van der Waals surface area contributed by atoms with Crippen LogP contribution in [0.1, 0.15) is 50.7 Å². The fraction of sp³-hybridized carbons (Fsp3) is 0.122. The summed E-state index contributed by atoms with van der Waals surface area (Å²) in [6.07, 6.45) is 1.84. The fourth-order valence-corrected chi connectivity index (χ4v) is 8.79. The van der Waals surface area contributed by atoms with Gasteiger partial charge in [0.05, 0.1) is 27.6 Å². The van der Waals surface area contributed by atoms with Crippen molar-refractivity contribution in [2.75, 3.05) is 0 Å². The second kappa shape index (κ2) is 11.9. The number of ether oxygens (including phenoxy) is 1. The van der Waals surface area contributed by atoms with Crippen molar-refractivity contribution in [2.24, 2.45) is 0 Å². The molecule has 0 saturated heterocycles. The Labute approximate surface area is 317 Å². The molecule has 0 fully saturated rings. The molecule has 6 nitrogen and oxygen atoms in total. The van der Waals surface area contributed by atoms with Crippen LogP contribution in [0.2, 0.25) is 0 Å². The first-order chi connectivity index (χ1) is 26.9. The second-order valence-corrected chi connectivity index (χ2v) is 15.3. The highest BCUT2D eigenvalue weighted by Crippen LogP contribution is 2.41. The Morgan fingerprint density at radius 3 is 1.69 bits per heavy atom. The van der Waals surface area contributed by atoms with Crippen LogP contribution in [-0.4, -0.2) is 23.8 Å². The Morgan fingerprint density at radius 2 is 1.04 bits per heavy atom. The summed E-state index contributed by atoms with van der Waals surface area (Å²) >= 11 is 0. The van der Waals surface area contributed by atoms with E-state index in [0.717, 1.165) is 83.0 Å². The predicted octanol–water partition coefficient (Wildman–Crippen LogP) is 13.0. The van der Waals surface area contributed by atoms with Gasteiger partial charge in [-0.25, -0.2) is 15.0 Å². The summed E-state index contributed by atoms with van der Waals surface area (Å²) in [7, 11) is 0. The monoisotopic (exact) mass is 711 g/mol. The molecular weight excluding hydrogens is 675 g/mol. The van der Waals surface area contributed by atoms with Crippen molar-refractivity contribution in [3.8, 4) is 22.6 Å². The number of pyridine rings is 3. The number of rotatable bonds is 5. The van der Waals surface area contributed by atoms with Gasteiger partial charge in [-0.15, -0.1) is 0 Å². The summed E-state index contributed by atoms with van der Waals surface area (Å²) in [6.45, 7) is 9.15. The van der Waals surface area contributed by atoms with Crippen molar-refractivity contribution in [1.82, 2.24) is 23.8 Å². The van der Waals surface area contributed by atoms with Crippen molar-refractivity contribution in [2.45, 2.75) is 39.5 Å². The number of benzene rings is 6. The van der Waals surface area contributed by atoms with E-state index in [1.165, 1.54) is 27.6 Å². The van der Waals surface area contributed by atoms with E-state index in [9.17, 15) is 0 Å². The van der Waals surface area contributed by atoms with Crippen molar-refractivity contribution in [1.29, 1.82) is 0 Å². The largest absolute Gasteiger partial charge is 0.457 e. The molecule has 0 aliphatic heterocycles. The molecular formula is C49H37N5O. The number of hydrogen-bond acceptors (Lipinski definition) is 4. The smallest absolute Gasteiger partial charge is 0.147 e. The van der Waals surface area contributed by atoms with Crippen LogP contribution < -0.4 is 4.74 Å². The topological polar surface area (TPSA) is 56.7 Å². The molecule has 5 aromatic heterocycles. The van der Waals surface area contributed by atoms with Crippen molar-refractivity contribution in [3.05, 3.63) is 151 Å². The molecule has 0 spiro atoms. The predicted molar refractivity (Wildman–Crippen MR) is 227 cm³/mol. The summed E-state index contributed by atoms with van der Waals surface area (Å²) in [4.78, 5) is 15.1. The lowest BCUT2D eigenvalue weighted by Gasteiger charge is -2.21. The zero-order valence-corrected chi connectivity index (χ0v) is 31.1. The molecule has 11 rings (SSSR count). The summed E-state index contributed by atoms with van der Waals surface area (Å²) in [6, 6.07) is 47.2. The van der Waals surface area contributed by atoms with Gasteiger partial charge in [0.25, 0.3) is 0 Å². The third-order valence-electron chi connectivity index (χ3n) is 11.3. The second-order valence-electron chi connectivity index (χ2n) is 15.3. The van der Waals surface area contributed by atoms with Gasteiger partial charge in [-0.1, -0.05) is 82.3 Å². The Morgan fingerprint density at radius 1 is 0.455 bits per heavy atom.